The summed E-state index contributed by atoms with van der Waals surface area (Å²) >= 11 is 1.06. The summed E-state index contributed by atoms with van der Waals surface area (Å²) in [7, 11) is 0. The van der Waals surface area contributed by atoms with E-state index in [1.54, 1.807) is 16.8 Å². The Morgan fingerprint density at radius 3 is 2.65 bits per heavy atom. The number of carbonyl (C=O) groups excluding carboxylic acids is 1. The van der Waals surface area contributed by atoms with Crippen molar-refractivity contribution >= 4 is 32.6 Å². The summed E-state index contributed by atoms with van der Waals surface area (Å²) in [5.41, 5.74) is 1.87. The number of hydrogen-bond donors (Lipinski definition) is 0. The molecule has 0 N–H and O–H groups in total. The number of anilines is 1. The van der Waals surface area contributed by atoms with Crippen LogP contribution in [0.4, 0.5) is 13.9 Å². The van der Waals surface area contributed by atoms with Gasteiger partial charge in [-0.3, -0.25) is 14.4 Å². The van der Waals surface area contributed by atoms with E-state index in [9.17, 15) is 13.6 Å². The molecule has 0 radical (unpaired) electrons. The molecule has 6 nitrogen and oxygen atoms in total. The molecule has 0 aliphatic carbocycles. The van der Waals surface area contributed by atoms with Gasteiger partial charge in [0, 0.05) is 18.3 Å². The number of halogens is 2. The molecule has 0 saturated carbocycles. The molecule has 0 aliphatic rings. The lowest BCUT2D eigenvalue weighted by Crippen LogP contribution is -2.37. The van der Waals surface area contributed by atoms with Crippen molar-refractivity contribution in [3.63, 3.8) is 0 Å². The molecule has 31 heavy (non-hydrogen) atoms. The number of amides is 1. The van der Waals surface area contributed by atoms with Crippen molar-refractivity contribution in [2.45, 2.75) is 20.4 Å². The van der Waals surface area contributed by atoms with Gasteiger partial charge in [0.15, 0.2) is 17.6 Å². The van der Waals surface area contributed by atoms with Gasteiger partial charge in [-0.05, 0) is 38.1 Å². The number of fused-ring (bicyclic) bond motifs is 1. The van der Waals surface area contributed by atoms with Crippen molar-refractivity contribution < 1.29 is 18.3 Å². The first-order valence-corrected chi connectivity index (χ1v) is 10.5. The lowest BCUT2D eigenvalue weighted by molar-refractivity contribution is -0.120. The fraction of sp³-hybridized carbons (Fsp3) is 0.227. The molecule has 0 fully saturated rings. The van der Waals surface area contributed by atoms with Crippen LogP contribution in [0.2, 0.25) is 0 Å². The summed E-state index contributed by atoms with van der Waals surface area (Å²) in [5, 5.41) is 4.70. The minimum atomic E-state index is -0.760. The summed E-state index contributed by atoms with van der Waals surface area (Å²) < 4.78 is 35.5. The van der Waals surface area contributed by atoms with E-state index in [1.165, 1.54) is 11.0 Å². The Balaban J connectivity index is 1.60. The van der Waals surface area contributed by atoms with E-state index in [0.29, 0.717) is 17.0 Å². The number of aryl methyl sites for hydroxylation is 2. The van der Waals surface area contributed by atoms with Gasteiger partial charge in [0.1, 0.15) is 17.1 Å². The maximum Gasteiger partial charge on any atom is 0.266 e. The fourth-order valence-corrected chi connectivity index (χ4v) is 4.27. The molecular formula is C22H20F2N4O2S. The maximum absolute atomic E-state index is 14.2. The Labute approximate surface area is 181 Å². The van der Waals surface area contributed by atoms with Crippen LogP contribution in [0.15, 0.2) is 48.5 Å². The summed E-state index contributed by atoms with van der Waals surface area (Å²) in [6.45, 7) is 4.28. The summed E-state index contributed by atoms with van der Waals surface area (Å²) in [4.78, 5) is 18.7. The molecule has 4 aromatic rings. The molecule has 0 spiro atoms. The smallest absolute Gasteiger partial charge is 0.266 e. The average molecular weight is 442 g/mol. The van der Waals surface area contributed by atoms with Crippen LogP contribution in [0.25, 0.3) is 10.2 Å². The second-order valence-electron chi connectivity index (χ2n) is 7.03. The molecular weight excluding hydrogens is 422 g/mol. The Hall–Kier alpha value is -3.33. The van der Waals surface area contributed by atoms with Crippen molar-refractivity contribution in [3.05, 3.63) is 71.6 Å². The number of hydrogen-bond acceptors (Lipinski definition) is 5. The van der Waals surface area contributed by atoms with E-state index in [1.807, 2.05) is 38.1 Å². The van der Waals surface area contributed by atoms with Crippen molar-refractivity contribution in [2.75, 3.05) is 18.1 Å². The predicted molar refractivity (Wildman–Crippen MR) is 116 cm³/mol. The van der Waals surface area contributed by atoms with E-state index < -0.39 is 11.6 Å². The second kappa shape index (κ2) is 8.81. The molecule has 0 saturated heterocycles. The van der Waals surface area contributed by atoms with Gasteiger partial charge in [0.25, 0.3) is 5.91 Å². The molecule has 160 valence electrons. The van der Waals surface area contributed by atoms with Gasteiger partial charge in [-0.2, -0.15) is 5.10 Å². The lowest BCUT2D eigenvalue weighted by atomic mass is 10.3. The van der Waals surface area contributed by atoms with Crippen molar-refractivity contribution in [3.8, 4) is 5.75 Å². The van der Waals surface area contributed by atoms with Gasteiger partial charge in [-0.25, -0.2) is 13.8 Å². The molecule has 9 heteroatoms. The highest BCUT2D eigenvalue weighted by atomic mass is 32.1. The van der Waals surface area contributed by atoms with Gasteiger partial charge in [0.05, 0.1) is 16.9 Å². The van der Waals surface area contributed by atoms with E-state index in [4.69, 9.17) is 4.74 Å². The first-order chi connectivity index (χ1) is 14.9. The van der Waals surface area contributed by atoms with E-state index in [2.05, 4.69) is 10.1 Å². The first kappa shape index (κ1) is 20.9. The standard InChI is InChI=1S/C22H20F2N4O2S/c1-14-10-15(2)28(26-14)9-8-27(20(29)13-30-17-6-4-3-5-7-17)22-25-21-18(24)11-16(23)12-19(21)31-22/h3-7,10-12H,8-9,13H2,1-2H3. The third kappa shape index (κ3) is 4.72. The van der Waals surface area contributed by atoms with Crippen LogP contribution in [-0.4, -0.2) is 33.8 Å². The highest BCUT2D eigenvalue weighted by Crippen LogP contribution is 2.31. The van der Waals surface area contributed by atoms with Gasteiger partial charge in [0.2, 0.25) is 0 Å². The largest absolute Gasteiger partial charge is 0.484 e. The molecule has 4 rings (SSSR count). The Bertz CT molecular complexity index is 1220. The minimum Gasteiger partial charge on any atom is -0.484 e. The fourth-order valence-electron chi connectivity index (χ4n) is 3.22. The van der Waals surface area contributed by atoms with Crippen LogP contribution >= 0.6 is 11.3 Å². The van der Waals surface area contributed by atoms with Gasteiger partial charge in [-0.1, -0.05) is 29.5 Å². The summed E-state index contributed by atoms with van der Waals surface area (Å²) in [6.07, 6.45) is 0. The molecule has 2 aromatic carbocycles. The minimum absolute atomic E-state index is 0.0364. The molecule has 0 unspecified atom stereocenters. The van der Waals surface area contributed by atoms with E-state index in [-0.39, 0.29) is 29.7 Å². The number of ether oxygens (including phenoxy) is 1. The third-order valence-electron chi connectivity index (χ3n) is 4.68. The predicted octanol–water partition coefficient (Wildman–Crippen LogP) is 4.50. The summed E-state index contributed by atoms with van der Waals surface area (Å²) in [6, 6.07) is 12.9. The van der Waals surface area contributed by atoms with Gasteiger partial charge >= 0.3 is 0 Å². The number of nitrogens with zero attached hydrogens (tertiary/aromatic N) is 4. The highest BCUT2D eigenvalue weighted by Gasteiger charge is 2.22. The van der Waals surface area contributed by atoms with Crippen LogP contribution in [-0.2, 0) is 11.3 Å². The quantitative estimate of drug-likeness (QED) is 0.423. The molecule has 2 aromatic heterocycles. The number of benzene rings is 2. The molecule has 1 amide bonds. The first-order valence-electron chi connectivity index (χ1n) is 9.65. The summed E-state index contributed by atoms with van der Waals surface area (Å²) in [5.74, 6) is -1.23. The zero-order valence-electron chi connectivity index (χ0n) is 17.0. The van der Waals surface area contributed by atoms with Crippen LogP contribution < -0.4 is 9.64 Å². The Morgan fingerprint density at radius 1 is 1.16 bits per heavy atom. The zero-order chi connectivity index (χ0) is 22.0. The third-order valence-corrected chi connectivity index (χ3v) is 5.70. The Morgan fingerprint density at radius 2 is 1.94 bits per heavy atom. The van der Waals surface area contributed by atoms with E-state index >= 15 is 0 Å². The van der Waals surface area contributed by atoms with Crippen molar-refractivity contribution in [2.24, 2.45) is 0 Å². The van der Waals surface area contributed by atoms with Crippen LogP contribution in [0, 0.1) is 25.5 Å². The molecule has 0 bridgehead atoms. The normalized spacial score (nSPS) is 11.1. The van der Waals surface area contributed by atoms with E-state index in [0.717, 1.165) is 28.8 Å². The highest BCUT2D eigenvalue weighted by molar-refractivity contribution is 7.22. The van der Waals surface area contributed by atoms with Crippen LogP contribution in [0.5, 0.6) is 5.75 Å². The van der Waals surface area contributed by atoms with Crippen molar-refractivity contribution in [1.82, 2.24) is 14.8 Å². The topological polar surface area (TPSA) is 60.2 Å². The van der Waals surface area contributed by atoms with Crippen LogP contribution in [0.1, 0.15) is 11.4 Å². The monoisotopic (exact) mass is 442 g/mol. The SMILES string of the molecule is Cc1cc(C)n(CCN(C(=O)COc2ccccc2)c2nc3c(F)cc(F)cc3s2)n1. The molecule has 0 atom stereocenters. The maximum atomic E-state index is 14.2. The number of rotatable bonds is 7. The lowest BCUT2D eigenvalue weighted by Gasteiger charge is -2.20. The number of para-hydroxylation sites is 1. The van der Waals surface area contributed by atoms with Gasteiger partial charge in [-0.15, -0.1) is 0 Å². The second-order valence-corrected chi connectivity index (χ2v) is 8.04. The van der Waals surface area contributed by atoms with Crippen LogP contribution in [0.3, 0.4) is 0 Å². The molecule has 0 aliphatic heterocycles. The number of aromatic nitrogens is 3. The molecule has 2 heterocycles. The average Bonchev–Trinajstić information content (AvgIpc) is 3.30. The van der Waals surface area contributed by atoms with Crippen molar-refractivity contribution in [1.29, 1.82) is 0 Å². The number of thiazole rings is 1. The number of carbonyl (C=O) groups is 1. The van der Waals surface area contributed by atoms with Gasteiger partial charge < -0.3 is 4.74 Å². The Kier molecular flexibility index (Phi) is 5.94. The zero-order valence-corrected chi connectivity index (χ0v) is 17.8.